The summed E-state index contributed by atoms with van der Waals surface area (Å²) in [6.45, 7) is 6.33. The Kier molecular flexibility index (Phi) is 2.69. The predicted octanol–water partition coefficient (Wildman–Crippen LogP) is 0.724. The fraction of sp³-hybridized carbons (Fsp3) is 0.556. The third kappa shape index (κ3) is 1.58. The van der Waals surface area contributed by atoms with E-state index in [0.29, 0.717) is 22.9 Å². The smallest absolute Gasteiger partial charge is 0.184 e. The molecule has 2 rings (SSSR count). The molecule has 16 heavy (non-hydrogen) atoms. The van der Waals surface area contributed by atoms with E-state index < -0.39 is 0 Å². The lowest BCUT2D eigenvalue weighted by molar-refractivity contribution is 0.375. The van der Waals surface area contributed by atoms with E-state index in [1.165, 1.54) is 6.33 Å². The molecule has 0 radical (unpaired) electrons. The highest BCUT2D eigenvalue weighted by molar-refractivity contribution is 5.81. The molecule has 0 saturated carbocycles. The van der Waals surface area contributed by atoms with Gasteiger partial charge in [0.25, 0.3) is 0 Å². The van der Waals surface area contributed by atoms with Crippen molar-refractivity contribution in [1.29, 1.82) is 0 Å². The zero-order chi connectivity index (χ0) is 11.7. The molecular formula is C9H15N7. The highest BCUT2D eigenvalue weighted by Gasteiger charge is 2.17. The van der Waals surface area contributed by atoms with Crippen LogP contribution in [0.1, 0.15) is 26.8 Å². The van der Waals surface area contributed by atoms with Gasteiger partial charge in [-0.15, -0.1) is 5.10 Å². The molecular weight excluding hydrogens is 206 g/mol. The number of nitrogens with two attached hydrogens (primary N) is 1. The zero-order valence-electron chi connectivity index (χ0n) is 9.55. The molecule has 1 unspecified atom stereocenters. The second kappa shape index (κ2) is 4.01. The fourth-order valence-corrected chi connectivity index (χ4v) is 1.43. The van der Waals surface area contributed by atoms with Gasteiger partial charge in [-0.05, 0) is 12.8 Å². The Morgan fingerprint density at radius 1 is 1.31 bits per heavy atom. The van der Waals surface area contributed by atoms with Gasteiger partial charge in [0.1, 0.15) is 6.33 Å². The minimum Gasteiger partial charge on any atom is -0.306 e. The molecule has 2 aromatic rings. The third-order valence-electron chi connectivity index (χ3n) is 2.75. The summed E-state index contributed by atoms with van der Waals surface area (Å²) >= 11 is 0. The second-order valence-corrected chi connectivity index (χ2v) is 4.06. The van der Waals surface area contributed by atoms with Gasteiger partial charge in [-0.3, -0.25) is 0 Å². The molecule has 0 aliphatic carbocycles. The number of nitrogens with zero attached hydrogens (tertiary/aromatic N) is 5. The summed E-state index contributed by atoms with van der Waals surface area (Å²) in [5.74, 6) is 6.29. The largest absolute Gasteiger partial charge is 0.306 e. The molecule has 0 bridgehead atoms. The maximum Gasteiger partial charge on any atom is 0.184 e. The summed E-state index contributed by atoms with van der Waals surface area (Å²) in [5, 5.41) is 8.13. The van der Waals surface area contributed by atoms with E-state index in [9.17, 15) is 0 Å². The molecule has 7 heteroatoms. The topological polar surface area (TPSA) is 94.5 Å². The molecule has 0 amide bonds. The number of nitrogens with one attached hydrogen (secondary N) is 1. The SMILES string of the molecule is CC(C)C(C)n1nnc2c(NN)ncnc21. The molecule has 0 aromatic carbocycles. The summed E-state index contributed by atoms with van der Waals surface area (Å²) in [6.07, 6.45) is 1.45. The van der Waals surface area contributed by atoms with Gasteiger partial charge in [-0.25, -0.2) is 20.5 Å². The van der Waals surface area contributed by atoms with Gasteiger partial charge in [0, 0.05) is 0 Å². The summed E-state index contributed by atoms with van der Waals surface area (Å²) in [4.78, 5) is 8.16. The molecule has 2 heterocycles. The Morgan fingerprint density at radius 2 is 2.06 bits per heavy atom. The normalized spacial score (nSPS) is 13.3. The van der Waals surface area contributed by atoms with E-state index in [2.05, 4.69) is 46.5 Å². The van der Waals surface area contributed by atoms with E-state index in [-0.39, 0.29) is 6.04 Å². The molecule has 1 atom stereocenters. The van der Waals surface area contributed by atoms with Crippen LogP contribution >= 0.6 is 0 Å². The number of hydrogen-bond donors (Lipinski definition) is 2. The van der Waals surface area contributed by atoms with Crippen LogP contribution in [-0.4, -0.2) is 25.0 Å². The first-order valence-corrected chi connectivity index (χ1v) is 5.17. The first kappa shape index (κ1) is 10.7. The molecule has 0 saturated heterocycles. The maximum atomic E-state index is 5.34. The Balaban J connectivity index is 2.57. The van der Waals surface area contributed by atoms with Gasteiger partial charge in [0.2, 0.25) is 0 Å². The van der Waals surface area contributed by atoms with Gasteiger partial charge < -0.3 is 5.43 Å². The summed E-state index contributed by atoms with van der Waals surface area (Å²) in [6, 6.07) is 0.227. The van der Waals surface area contributed by atoms with Gasteiger partial charge in [0.05, 0.1) is 6.04 Å². The van der Waals surface area contributed by atoms with Crippen LogP contribution in [0.5, 0.6) is 0 Å². The molecule has 7 nitrogen and oxygen atoms in total. The van der Waals surface area contributed by atoms with Crippen molar-refractivity contribution in [2.24, 2.45) is 11.8 Å². The average Bonchev–Trinajstić information content (AvgIpc) is 2.71. The first-order valence-electron chi connectivity index (χ1n) is 5.17. The fourth-order valence-electron chi connectivity index (χ4n) is 1.43. The van der Waals surface area contributed by atoms with Crippen molar-refractivity contribution in [3.05, 3.63) is 6.33 Å². The first-order chi connectivity index (χ1) is 7.65. The van der Waals surface area contributed by atoms with Crippen molar-refractivity contribution < 1.29 is 0 Å². The quantitative estimate of drug-likeness (QED) is 0.586. The maximum absolute atomic E-state index is 5.34. The van der Waals surface area contributed by atoms with Crippen LogP contribution in [-0.2, 0) is 0 Å². The number of nitrogen functional groups attached to an aromatic ring is 1. The molecule has 0 aliphatic heterocycles. The standard InChI is InChI=1S/C9H15N7/c1-5(2)6(3)16-9-7(14-15-16)8(13-10)11-4-12-9/h4-6H,10H2,1-3H3,(H,11,12,13). The molecule has 3 N–H and O–H groups in total. The Bertz CT molecular complexity index is 490. The third-order valence-corrected chi connectivity index (χ3v) is 2.75. The van der Waals surface area contributed by atoms with E-state index >= 15 is 0 Å². The number of hydrogen-bond acceptors (Lipinski definition) is 6. The molecule has 2 aromatic heterocycles. The number of anilines is 1. The summed E-state index contributed by atoms with van der Waals surface area (Å²) in [5.41, 5.74) is 3.78. The van der Waals surface area contributed by atoms with Crippen molar-refractivity contribution in [2.75, 3.05) is 5.43 Å². The van der Waals surface area contributed by atoms with Crippen molar-refractivity contribution in [1.82, 2.24) is 25.0 Å². The predicted molar refractivity (Wildman–Crippen MR) is 60.5 cm³/mol. The zero-order valence-corrected chi connectivity index (χ0v) is 9.55. The Hall–Kier alpha value is -1.76. The molecule has 0 aliphatic rings. The van der Waals surface area contributed by atoms with Crippen LogP contribution in [0, 0.1) is 5.92 Å². The lowest BCUT2D eigenvalue weighted by Crippen LogP contribution is -2.14. The van der Waals surface area contributed by atoms with E-state index in [0.717, 1.165) is 0 Å². The van der Waals surface area contributed by atoms with Gasteiger partial charge in [0.15, 0.2) is 17.0 Å². The highest BCUT2D eigenvalue weighted by Crippen LogP contribution is 2.22. The Labute approximate surface area is 93.0 Å². The molecule has 86 valence electrons. The van der Waals surface area contributed by atoms with Crippen LogP contribution in [0.15, 0.2) is 6.33 Å². The lowest BCUT2D eigenvalue weighted by Gasteiger charge is -2.15. The van der Waals surface area contributed by atoms with Crippen LogP contribution in [0.25, 0.3) is 11.2 Å². The average molecular weight is 221 g/mol. The lowest BCUT2D eigenvalue weighted by atomic mass is 10.1. The van der Waals surface area contributed by atoms with Gasteiger partial charge in [-0.2, -0.15) is 0 Å². The van der Waals surface area contributed by atoms with Crippen molar-refractivity contribution >= 4 is 17.0 Å². The van der Waals surface area contributed by atoms with E-state index in [1.807, 2.05) is 0 Å². The summed E-state index contributed by atoms with van der Waals surface area (Å²) in [7, 11) is 0. The van der Waals surface area contributed by atoms with Crippen molar-refractivity contribution in [3.8, 4) is 0 Å². The van der Waals surface area contributed by atoms with E-state index in [4.69, 9.17) is 5.84 Å². The number of aromatic nitrogens is 5. The van der Waals surface area contributed by atoms with Crippen LogP contribution in [0.4, 0.5) is 5.82 Å². The minimum atomic E-state index is 0.227. The molecule has 0 spiro atoms. The monoisotopic (exact) mass is 221 g/mol. The second-order valence-electron chi connectivity index (χ2n) is 4.06. The van der Waals surface area contributed by atoms with Crippen LogP contribution in [0.2, 0.25) is 0 Å². The van der Waals surface area contributed by atoms with Crippen LogP contribution < -0.4 is 11.3 Å². The van der Waals surface area contributed by atoms with Gasteiger partial charge in [-0.1, -0.05) is 19.1 Å². The molecule has 0 fully saturated rings. The van der Waals surface area contributed by atoms with E-state index in [1.54, 1.807) is 4.68 Å². The summed E-state index contributed by atoms with van der Waals surface area (Å²) < 4.78 is 1.79. The van der Waals surface area contributed by atoms with Crippen molar-refractivity contribution in [3.63, 3.8) is 0 Å². The van der Waals surface area contributed by atoms with Crippen molar-refractivity contribution in [2.45, 2.75) is 26.8 Å². The highest BCUT2D eigenvalue weighted by atomic mass is 15.5. The van der Waals surface area contributed by atoms with Crippen LogP contribution in [0.3, 0.4) is 0 Å². The number of rotatable bonds is 3. The Morgan fingerprint density at radius 3 is 2.69 bits per heavy atom. The number of hydrazine groups is 1. The minimum absolute atomic E-state index is 0.227. The van der Waals surface area contributed by atoms with Gasteiger partial charge >= 0.3 is 0 Å². The number of fused-ring (bicyclic) bond motifs is 1.